The van der Waals surface area contributed by atoms with Gasteiger partial charge >= 0.3 is 0 Å². The average Bonchev–Trinajstić information content (AvgIpc) is 3.27. The minimum Gasteiger partial charge on any atom is -0.338 e. The van der Waals surface area contributed by atoms with Crippen LogP contribution < -0.4 is 5.73 Å². The maximum Gasteiger partial charge on any atom is 0.227 e. The van der Waals surface area contributed by atoms with Crippen LogP contribution in [0.5, 0.6) is 0 Å². The highest BCUT2D eigenvalue weighted by atomic mass is 35.5. The minimum absolute atomic E-state index is 0.00505. The fourth-order valence-electron chi connectivity index (χ4n) is 5.35. The van der Waals surface area contributed by atoms with E-state index >= 15 is 0 Å². The van der Waals surface area contributed by atoms with Crippen LogP contribution in [0.2, 0.25) is 10.0 Å². The van der Waals surface area contributed by atoms with E-state index in [4.69, 9.17) is 28.9 Å². The third-order valence-corrected chi connectivity index (χ3v) is 7.97. The van der Waals surface area contributed by atoms with Gasteiger partial charge in [0.05, 0.1) is 23.7 Å². The number of fused-ring (bicyclic) bond motifs is 1. The largest absolute Gasteiger partial charge is 0.338 e. The van der Waals surface area contributed by atoms with E-state index in [1.165, 1.54) is 11.1 Å². The van der Waals surface area contributed by atoms with Gasteiger partial charge in [-0.15, -0.1) is 0 Å². The molecule has 2 aromatic carbocycles. The molecule has 34 heavy (non-hydrogen) atoms. The van der Waals surface area contributed by atoms with Gasteiger partial charge in [0.25, 0.3) is 0 Å². The summed E-state index contributed by atoms with van der Waals surface area (Å²) in [6, 6.07) is 12.0. The molecule has 2 unspecified atom stereocenters. The van der Waals surface area contributed by atoms with Gasteiger partial charge in [0.2, 0.25) is 5.91 Å². The van der Waals surface area contributed by atoms with Crippen LogP contribution in [0.4, 0.5) is 0 Å². The maximum absolute atomic E-state index is 13.0. The summed E-state index contributed by atoms with van der Waals surface area (Å²) in [7, 11) is 0. The first-order valence-corrected chi connectivity index (χ1v) is 12.8. The molecule has 1 fully saturated rings. The molecule has 2 aliphatic rings. The van der Waals surface area contributed by atoms with Gasteiger partial charge in [-0.1, -0.05) is 60.3 Å². The van der Waals surface area contributed by atoms with Crippen LogP contribution in [0.15, 0.2) is 48.7 Å². The molecular weight excluding hydrogens is 467 g/mol. The molecule has 7 heteroatoms. The molecule has 0 bridgehead atoms. The second-order valence-electron chi connectivity index (χ2n) is 9.52. The molecule has 5 nitrogen and oxygen atoms in total. The molecule has 1 aliphatic heterocycles. The minimum atomic E-state index is -0.0364. The van der Waals surface area contributed by atoms with Crippen molar-refractivity contribution >= 4 is 45.6 Å². The molecule has 3 atom stereocenters. The summed E-state index contributed by atoms with van der Waals surface area (Å²) in [6.45, 7) is 3.47. The van der Waals surface area contributed by atoms with Crippen molar-refractivity contribution in [3.8, 4) is 0 Å². The van der Waals surface area contributed by atoms with Crippen molar-refractivity contribution in [2.45, 2.75) is 51.1 Å². The molecule has 2 heterocycles. The van der Waals surface area contributed by atoms with Gasteiger partial charge in [0.1, 0.15) is 0 Å². The molecule has 1 amide bonds. The van der Waals surface area contributed by atoms with E-state index in [1.807, 2.05) is 27.9 Å². The van der Waals surface area contributed by atoms with Crippen LogP contribution in [0.1, 0.15) is 56.2 Å². The van der Waals surface area contributed by atoms with Crippen LogP contribution in [0, 0.1) is 5.92 Å². The predicted molar refractivity (Wildman–Crippen MR) is 139 cm³/mol. The van der Waals surface area contributed by atoms with E-state index in [2.05, 4.69) is 36.3 Å². The Morgan fingerprint density at radius 3 is 2.71 bits per heavy atom. The maximum atomic E-state index is 13.0. The lowest BCUT2D eigenvalue weighted by Gasteiger charge is -2.34. The summed E-state index contributed by atoms with van der Waals surface area (Å²) in [5.74, 6) is 0.209. The van der Waals surface area contributed by atoms with Crippen molar-refractivity contribution < 1.29 is 4.79 Å². The number of carbonyl (C=O) groups is 1. The van der Waals surface area contributed by atoms with Crippen LogP contribution in [-0.4, -0.2) is 39.7 Å². The van der Waals surface area contributed by atoms with Crippen molar-refractivity contribution in [3.05, 3.63) is 69.8 Å². The summed E-state index contributed by atoms with van der Waals surface area (Å²) >= 11 is 12.6. The zero-order valence-electron chi connectivity index (χ0n) is 19.4. The fourth-order valence-corrected chi connectivity index (χ4v) is 5.92. The topological polar surface area (TPSA) is 64.2 Å². The molecule has 5 rings (SSSR count). The lowest BCUT2D eigenvalue weighted by atomic mass is 9.84. The Labute approximate surface area is 210 Å². The second kappa shape index (κ2) is 9.73. The first kappa shape index (κ1) is 23.4. The van der Waals surface area contributed by atoms with Gasteiger partial charge in [-0.3, -0.25) is 9.48 Å². The summed E-state index contributed by atoms with van der Waals surface area (Å²) in [5, 5.41) is 7.00. The van der Waals surface area contributed by atoms with Gasteiger partial charge < -0.3 is 10.6 Å². The van der Waals surface area contributed by atoms with Crippen molar-refractivity contribution in [2.75, 3.05) is 13.1 Å². The number of carbonyl (C=O) groups excluding carboxylic acids is 1. The van der Waals surface area contributed by atoms with E-state index in [-0.39, 0.29) is 23.9 Å². The van der Waals surface area contributed by atoms with Gasteiger partial charge in [0.15, 0.2) is 0 Å². The van der Waals surface area contributed by atoms with Crippen LogP contribution in [0.3, 0.4) is 0 Å². The smallest absolute Gasteiger partial charge is 0.227 e. The zero-order chi connectivity index (χ0) is 23.8. The number of aromatic nitrogens is 2. The van der Waals surface area contributed by atoms with E-state index in [0.29, 0.717) is 16.6 Å². The SMILES string of the molecule is CC(c1ccc(Cl)cc1Cl)n1ncc2ccc(C3=CCN(C(=O)C4CCCC[C@H]4N)CC3)cc21. The zero-order valence-corrected chi connectivity index (χ0v) is 20.9. The van der Waals surface area contributed by atoms with Gasteiger partial charge in [-0.25, -0.2) is 0 Å². The standard InChI is InChI=1S/C27H30Cl2N4O/c1-17(22-9-8-21(28)15-24(22)29)33-26-14-19(6-7-20(26)16-31-33)18-10-12-32(13-11-18)27(34)23-4-2-3-5-25(23)30/h6-10,14-17,23,25H,2-5,11-13,30H2,1H3/t17?,23?,25-/m1/s1. The third-order valence-electron chi connectivity index (χ3n) is 7.41. The van der Waals surface area contributed by atoms with Crippen molar-refractivity contribution in [1.82, 2.24) is 14.7 Å². The van der Waals surface area contributed by atoms with Gasteiger partial charge in [-0.2, -0.15) is 5.10 Å². The number of halogens is 2. The summed E-state index contributed by atoms with van der Waals surface area (Å²) in [4.78, 5) is 15.0. The highest BCUT2D eigenvalue weighted by Crippen LogP contribution is 2.33. The summed E-state index contributed by atoms with van der Waals surface area (Å²) in [5.41, 5.74) is 10.7. The summed E-state index contributed by atoms with van der Waals surface area (Å²) < 4.78 is 2.01. The quantitative estimate of drug-likeness (QED) is 0.475. The number of nitrogens with zero attached hydrogens (tertiary/aromatic N) is 3. The van der Waals surface area contributed by atoms with Crippen LogP contribution in [0.25, 0.3) is 16.5 Å². The normalized spacial score (nSPS) is 22.0. The molecular formula is C27H30Cl2N4O. The molecule has 1 aromatic heterocycles. The second-order valence-corrected chi connectivity index (χ2v) is 10.4. The highest BCUT2D eigenvalue weighted by molar-refractivity contribution is 6.35. The number of benzene rings is 2. The highest BCUT2D eigenvalue weighted by Gasteiger charge is 2.32. The van der Waals surface area contributed by atoms with Crippen molar-refractivity contribution in [2.24, 2.45) is 11.7 Å². The van der Waals surface area contributed by atoms with E-state index in [0.717, 1.165) is 55.1 Å². The van der Waals surface area contributed by atoms with Crippen molar-refractivity contribution in [1.29, 1.82) is 0 Å². The molecule has 1 aliphatic carbocycles. The number of nitrogens with two attached hydrogens (primary N) is 1. The monoisotopic (exact) mass is 496 g/mol. The number of hydrogen-bond donors (Lipinski definition) is 1. The number of rotatable bonds is 4. The average molecular weight is 497 g/mol. The van der Waals surface area contributed by atoms with Gasteiger partial charge in [0, 0.05) is 34.6 Å². The molecule has 0 spiro atoms. The molecule has 2 N–H and O–H groups in total. The first-order valence-electron chi connectivity index (χ1n) is 12.1. The van der Waals surface area contributed by atoms with Crippen LogP contribution >= 0.6 is 23.2 Å². The fraction of sp³-hybridized carbons (Fsp3) is 0.407. The molecule has 0 radical (unpaired) electrons. The predicted octanol–water partition coefficient (Wildman–Crippen LogP) is 6.09. The first-order chi connectivity index (χ1) is 16.4. The summed E-state index contributed by atoms with van der Waals surface area (Å²) in [6.07, 6.45) is 9.04. The van der Waals surface area contributed by atoms with E-state index < -0.39 is 0 Å². The lowest BCUT2D eigenvalue weighted by Crippen LogP contribution is -2.46. The Morgan fingerprint density at radius 1 is 1.15 bits per heavy atom. The van der Waals surface area contributed by atoms with Gasteiger partial charge in [-0.05, 0) is 61.1 Å². The number of hydrogen-bond acceptors (Lipinski definition) is 3. The lowest BCUT2D eigenvalue weighted by molar-refractivity contribution is -0.136. The Hall–Kier alpha value is -2.34. The molecule has 1 saturated carbocycles. The molecule has 0 saturated heterocycles. The molecule has 178 valence electrons. The Bertz CT molecular complexity index is 1250. The third kappa shape index (κ3) is 4.49. The Morgan fingerprint density at radius 2 is 1.97 bits per heavy atom. The number of amides is 1. The van der Waals surface area contributed by atoms with E-state index in [9.17, 15) is 4.79 Å². The van der Waals surface area contributed by atoms with Crippen LogP contribution in [-0.2, 0) is 4.79 Å². The molecule has 3 aromatic rings. The van der Waals surface area contributed by atoms with Crippen molar-refractivity contribution in [3.63, 3.8) is 0 Å². The Kier molecular flexibility index (Phi) is 6.70. The van der Waals surface area contributed by atoms with E-state index in [1.54, 1.807) is 6.07 Å². The Balaban J connectivity index is 1.37.